The highest BCUT2D eigenvalue weighted by Crippen LogP contribution is 2.21. The van der Waals surface area contributed by atoms with Gasteiger partial charge in [-0.3, -0.25) is 9.59 Å². The zero-order valence-electron chi connectivity index (χ0n) is 11.8. The summed E-state index contributed by atoms with van der Waals surface area (Å²) in [5.74, 6) is 0.616. The van der Waals surface area contributed by atoms with E-state index in [9.17, 15) is 9.59 Å². The van der Waals surface area contributed by atoms with Gasteiger partial charge in [-0.05, 0) is 37.3 Å². The molecule has 0 saturated carbocycles. The third kappa shape index (κ3) is 3.22. The molecule has 2 aromatic rings. The fourth-order valence-corrected chi connectivity index (χ4v) is 2.73. The molecule has 21 heavy (non-hydrogen) atoms. The lowest BCUT2D eigenvalue weighted by Gasteiger charge is -2.21. The molecule has 3 rings (SSSR count). The molecule has 0 amide bonds. The van der Waals surface area contributed by atoms with E-state index in [-0.39, 0.29) is 17.0 Å². The van der Waals surface area contributed by atoms with E-state index < -0.39 is 0 Å². The first-order chi connectivity index (χ1) is 10.2. The maximum atomic E-state index is 12.2. The van der Waals surface area contributed by atoms with Crippen molar-refractivity contribution < 1.29 is 13.9 Å². The average Bonchev–Trinajstić information content (AvgIpc) is 2.53. The highest BCUT2D eigenvalue weighted by Gasteiger charge is 2.17. The zero-order chi connectivity index (χ0) is 14.7. The molecule has 2 heterocycles. The van der Waals surface area contributed by atoms with Crippen molar-refractivity contribution >= 4 is 16.8 Å². The number of ether oxygens (including phenoxy) is 1. The molecule has 0 spiro atoms. The van der Waals surface area contributed by atoms with Gasteiger partial charge in [-0.1, -0.05) is 12.1 Å². The third-order valence-corrected chi connectivity index (χ3v) is 4.03. The number of Topliss-reactive ketones (excluding diaryl/α,β-unsaturated/α-hetero) is 1. The summed E-state index contributed by atoms with van der Waals surface area (Å²) in [6, 6.07) is 8.31. The first-order valence-electron chi connectivity index (χ1n) is 7.38. The normalized spacial score (nSPS) is 16.2. The van der Waals surface area contributed by atoms with Crippen molar-refractivity contribution in [3.05, 3.63) is 46.3 Å². The molecule has 0 radical (unpaired) electrons. The van der Waals surface area contributed by atoms with Gasteiger partial charge < -0.3 is 9.15 Å². The molecule has 1 aromatic carbocycles. The minimum absolute atomic E-state index is 0.0932. The molecule has 0 aliphatic carbocycles. The number of benzene rings is 1. The molecule has 1 fully saturated rings. The van der Waals surface area contributed by atoms with Crippen molar-refractivity contribution in [3.63, 3.8) is 0 Å². The van der Waals surface area contributed by atoms with Crippen LogP contribution in [0.25, 0.3) is 11.0 Å². The molecule has 1 aliphatic heterocycles. The molecule has 0 bridgehead atoms. The second-order valence-corrected chi connectivity index (χ2v) is 5.49. The van der Waals surface area contributed by atoms with E-state index in [4.69, 9.17) is 9.15 Å². The van der Waals surface area contributed by atoms with Crippen molar-refractivity contribution in [3.8, 4) is 0 Å². The first-order valence-corrected chi connectivity index (χ1v) is 7.38. The van der Waals surface area contributed by atoms with Crippen LogP contribution in [0.4, 0.5) is 0 Å². The highest BCUT2D eigenvalue weighted by molar-refractivity contribution is 5.94. The van der Waals surface area contributed by atoms with Crippen molar-refractivity contribution in [1.29, 1.82) is 0 Å². The van der Waals surface area contributed by atoms with Crippen molar-refractivity contribution in [1.82, 2.24) is 0 Å². The summed E-state index contributed by atoms with van der Waals surface area (Å²) in [6.07, 6.45) is 3.27. The number of carbonyl (C=O) groups is 1. The monoisotopic (exact) mass is 286 g/mol. The number of para-hydroxylation sites is 1. The number of carbonyl (C=O) groups excluding carboxylic acids is 1. The lowest BCUT2D eigenvalue weighted by molar-refractivity contribution is 0.0616. The van der Waals surface area contributed by atoms with E-state index in [0.29, 0.717) is 23.3 Å². The summed E-state index contributed by atoms with van der Waals surface area (Å²) in [5, 5.41) is 0.512. The summed E-state index contributed by atoms with van der Waals surface area (Å²) in [6.45, 7) is 1.56. The first kappa shape index (κ1) is 14.0. The molecule has 110 valence electrons. The Bertz CT molecular complexity index is 695. The molecule has 4 heteroatoms. The second kappa shape index (κ2) is 6.22. The third-order valence-electron chi connectivity index (χ3n) is 4.03. The lowest BCUT2D eigenvalue weighted by atomic mass is 9.93. The smallest absolute Gasteiger partial charge is 0.198 e. The van der Waals surface area contributed by atoms with E-state index in [0.717, 1.165) is 32.5 Å². The Morgan fingerprint density at radius 1 is 1.19 bits per heavy atom. The van der Waals surface area contributed by atoms with Crippen LogP contribution < -0.4 is 5.43 Å². The minimum atomic E-state index is -0.161. The van der Waals surface area contributed by atoms with Crippen LogP contribution >= 0.6 is 0 Å². The predicted octanol–water partition coefficient (Wildman–Crippen LogP) is 3.18. The Hall–Kier alpha value is -1.94. The highest BCUT2D eigenvalue weighted by atomic mass is 16.5. The predicted molar refractivity (Wildman–Crippen MR) is 79.6 cm³/mol. The van der Waals surface area contributed by atoms with Crippen LogP contribution in [0.2, 0.25) is 0 Å². The SMILES string of the molecule is O=C(CCC1CCOCC1)c1cc(=O)c2ccccc2o1. The summed E-state index contributed by atoms with van der Waals surface area (Å²) < 4.78 is 10.9. The quantitative estimate of drug-likeness (QED) is 0.810. The van der Waals surface area contributed by atoms with Gasteiger partial charge in [-0.2, -0.15) is 0 Å². The number of hydrogen-bond donors (Lipinski definition) is 0. The van der Waals surface area contributed by atoms with Gasteiger partial charge in [0.2, 0.25) is 0 Å². The maximum Gasteiger partial charge on any atom is 0.198 e. The van der Waals surface area contributed by atoms with Crippen molar-refractivity contribution in [2.75, 3.05) is 13.2 Å². The van der Waals surface area contributed by atoms with E-state index in [2.05, 4.69) is 0 Å². The van der Waals surface area contributed by atoms with Crippen LogP contribution in [0, 0.1) is 5.92 Å². The van der Waals surface area contributed by atoms with Crippen LogP contribution in [0.1, 0.15) is 36.2 Å². The summed E-state index contributed by atoms with van der Waals surface area (Å²) >= 11 is 0. The van der Waals surface area contributed by atoms with Crippen LogP contribution in [-0.4, -0.2) is 19.0 Å². The number of ketones is 1. The molecule has 1 aliphatic rings. The van der Waals surface area contributed by atoms with Gasteiger partial charge in [-0.15, -0.1) is 0 Å². The zero-order valence-corrected chi connectivity index (χ0v) is 11.8. The number of fused-ring (bicyclic) bond motifs is 1. The summed E-state index contributed by atoms with van der Waals surface area (Å²) in [7, 11) is 0. The van der Waals surface area contributed by atoms with E-state index in [1.807, 2.05) is 0 Å². The van der Waals surface area contributed by atoms with Crippen LogP contribution in [0.3, 0.4) is 0 Å². The topological polar surface area (TPSA) is 56.5 Å². The Kier molecular flexibility index (Phi) is 4.15. The Balaban J connectivity index is 1.73. The van der Waals surface area contributed by atoms with Crippen LogP contribution in [-0.2, 0) is 4.74 Å². The fourth-order valence-electron chi connectivity index (χ4n) is 2.73. The summed E-state index contributed by atoms with van der Waals surface area (Å²) in [5.41, 5.74) is 0.311. The van der Waals surface area contributed by atoms with Gasteiger partial charge in [0.1, 0.15) is 5.58 Å². The van der Waals surface area contributed by atoms with Gasteiger partial charge in [-0.25, -0.2) is 0 Å². The molecule has 1 aromatic heterocycles. The Morgan fingerprint density at radius 2 is 1.95 bits per heavy atom. The largest absolute Gasteiger partial charge is 0.453 e. The number of rotatable bonds is 4. The van der Waals surface area contributed by atoms with Gasteiger partial charge in [0.05, 0.1) is 5.39 Å². The van der Waals surface area contributed by atoms with Crippen LogP contribution in [0.5, 0.6) is 0 Å². The summed E-state index contributed by atoms with van der Waals surface area (Å²) in [4.78, 5) is 24.2. The van der Waals surface area contributed by atoms with Crippen molar-refractivity contribution in [2.24, 2.45) is 5.92 Å². The molecule has 0 N–H and O–H groups in total. The van der Waals surface area contributed by atoms with Crippen LogP contribution in [0.15, 0.2) is 39.5 Å². The molecule has 0 unspecified atom stereocenters. The van der Waals surface area contributed by atoms with Gasteiger partial charge >= 0.3 is 0 Å². The average molecular weight is 286 g/mol. The fraction of sp³-hybridized carbons (Fsp3) is 0.412. The minimum Gasteiger partial charge on any atom is -0.453 e. The Labute approximate surface area is 122 Å². The van der Waals surface area contributed by atoms with Gasteiger partial charge in [0.15, 0.2) is 17.0 Å². The van der Waals surface area contributed by atoms with E-state index in [1.165, 1.54) is 6.07 Å². The molecular weight excluding hydrogens is 268 g/mol. The maximum absolute atomic E-state index is 12.2. The van der Waals surface area contributed by atoms with Gasteiger partial charge in [0, 0.05) is 25.7 Å². The van der Waals surface area contributed by atoms with Gasteiger partial charge in [0.25, 0.3) is 0 Å². The van der Waals surface area contributed by atoms with Crippen molar-refractivity contribution in [2.45, 2.75) is 25.7 Å². The van der Waals surface area contributed by atoms with E-state index >= 15 is 0 Å². The standard InChI is InChI=1S/C17H18O4/c18-14(6-5-12-7-9-20-10-8-12)17-11-15(19)13-3-1-2-4-16(13)21-17/h1-4,11-12H,5-10H2. The second-order valence-electron chi connectivity index (χ2n) is 5.49. The molecular formula is C17H18O4. The van der Waals surface area contributed by atoms with E-state index in [1.54, 1.807) is 24.3 Å². The molecule has 0 atom stereocenters. The Morgan fingerprint density at radius 3 is 2.76 bits per heavy atom. The molecule has 1 saturated heterocycles. The molecule has 4 nitrogen and oxygen atoms in total. The number of hydrogen-bond acceptors (Lipinski definition) is 4. The lowest BCUT2D eigenvalue weighted by Crippen LogP contribution is -2.17.